The molecule has 0 bridgehead atoms. The molecule has 10 nitrogen and oxygen atoms in total. The number of aromatic amines is 1. The second kappa shape index (κ2) is 9.48. The Morgan fingerprint density at radius 1 is 1.13 bits per heavy atom. The van der Waals surface area contributed by atoms with Crippen molar-refractivity contribution in [2.75, 3.05) is 32.6 Å². The molecule has 0 unspecified atom stereocenters. The molecule has 1 saturated heterocycles. The van der Waals surface area contributed by atoms with E-state index in [1.807, 2.05) is 18.5 Å². The number of nitrogens with one attached hydrogen (secondary N) is 2. The van der Waals surface area contributed by atoms with Crippen molar-refractivity contribution in [2.24, 2.45) is 0 Å². The zero-order valence-corrected chi connectivity index (χ0v) is 23.0. The Morgan fingerprint density at radius 3 is 2.66 bits per heavy atom. The van der Waals surface area contributed by atoms with Crippen LogP contribution in [0.15, 0.2) is 47.9 Å². The molecule has 200 valence electrons. The Bertz CT molecular complexity index is 1590. The molecule has 4 aromatic rings. The number of nitrogens with zero attached hydrogens (tertiary/aromatic N) is 6. The van der Waals surface area contributed by atoms with Crippen molar-refractivity contribution in [3.05, 3.63) is 43.0 Å². The van der Waals surface area contributed by atoms with Crippen LogP contribution in [0.3, 0.4) is 0 Å². The van der Waals surface area contributed by atoms with E-state index in [-0.39, 0.29) is 4.90 Å². The quantitative estimate of drug-likeness (QED) is 0.372. The maximum Gasteiger partial charge on any atom is 0.240 e. The lowest BCUT2D eigenvalue weighted by Gasteiger charge is -2.39. The lowest BCUT2D eigenvalue weighted by molar-refractivity contribution is 0.121. The van der Waals surface area contributed by atoms with Crippen molar-refractivity contribution in [1.29, 1.82) is 0 Å². The van der Waals surface area contributed by atoms with Gasteiger partial charge in [-0.3, -0.25) is 4.68 Å². The van der Waals surface area contributed by atoms with Crippen LogP contribution >= 0.6 is 0 Å². The van der Waals surface area contributed by atoms with E-state index in [4.69, 9.17) is 4.98 Å². The molecule has 3 aromatic heterocycles. The van der Waals surface area contributed by atoms with Gasteiger partial charge in [-0.2, -0.15) is 5.10 Å². The maximum absolute atomic E-state index is 12.8. The van der Waals surface area contributed by atoms with E-state index < -0.39 is 10.0 Å². The predicted octanol–water partition coefficient (Wildman–Crippen LogP) is 3.65. The van der Waals surface area contributed by atoms with Gasteiger partial charge in [0, 0.05) is 53.4 Å². The number of aromatic nitrogens is 5. The summed E-state index contributed by atoms with van der Waals surface area (Å²) in [4.78, 5) is 17.6. The third-order valence-corrected chi connectivity index (χ3v) is 9.53. The number of H-pyrrole nitrogens is 1. The first-order chi connectivity index (χ1) is 18.2. The lowest BCUT2D eigenvalue weighted by atomic mass is 9.86. The van der Waals surface area contributed by atoms with Crippen molar-refractivity contribution < 1.29 is 8.42 Å². The fraction of sp³-hybridized carbons (Fsp3) is 0.444. The molecule has 0 radical (unpaired) electrons. The first-order valence-corrected chi connectivity index (χ1v) is 14.6. The Morgan fingerprint density at radius 2 is 1.95 bits per heavy atom. The average molecular weight is 535 g/mol. The minimum Gasteiger partial charge on any atom is -0.369 e. The van der Waals surface area contributed by atoms with Crippen molar-refractivity contribution >= 4 is 26.9 Å². The number of benzene rings is 1. The molecule has 0 spiro atoms. The van der Waals surface area contributed by atoms with E-state index in [9.17, 15) is 8.42 Å². The smallest absolute Gasteiger partial charge is 0.240 e. The fourth-order valence-corrected chi connectivity index (χ4v) is 6.40. The summed E-state index contributed by atoms with van der Waals surface area (Å²) in [5.74, 6) is 0. The van der Waals surface area contributed by atoms with Crippen LogP contribution in [0.25, 0.3) is 33.5 Å². The minimum atomic E-state index is -3.64. The van der Waals surface area contributed by atoms with Crippen LogP contribution in [0, 0.1) is 0 Å². The zero-order valence-electron chi connectivity index (χ0n) is 22.2. The van der Waals surface area contributed by atoms with E-state index in [1.54, 1.807) is 18.3 Å². The SMILES string of the molecule is CNS(=O)(=O)c1cc(-c2cnc3[nH]cc(-c4cnn(C5CC(N(C)C)C5)c4)c3n2)cc(N2CCC[C@H]2C)c1. The van der Waals surface area contributed by atoms with E-state index in [0.717, 1.165) is 60.1 Å². The molecule has 4 heterocycles. The number of rotatable bonds is 7. The van der Waals surface area contributed by atoms with Crippen molar-refractivity contribution in [3.63, 3.8) is 0 Å². The number of anilines is 1. The van der Waals surface area contributed by atoms with E-state index in [0.29, 0.717) is 29.5 Å². The molecular weight excluding hydrogens is 500 g/mol. The van der Waals surface area contributed by atoms with Gasteiger partial charge < -0.3 is 14.8 Å². The van der Waals surface area contributed by atoms with Crippen LogP contribution in [-0.2, 0) is 10.0 Å². The number of sulfonamides is 1. The summed E-state index contributed by atoms with van der Waals surface area (Å²) in [5.41, 5.74) is 5.55. The summed E-state index contributed by atoms with van der Waals surface area (Å²) >= 11 is 0. The Labute approximate surface area is 223 Å². The normalized spacial score (nSPS) is 21.9. The van der Waals surface area contributed by atoms with Crippen LogP contribution in [0.4, 0.5) is 5.69 Å². The molecule has 38 heavy (non-hydrogen) atoms. The molecule has 1 aliphatic carbocycles. The highest BCUT2D eigenvalue weighted by atomic mass is 32.2. The molecule has 2 N–H and O–H groups in total. The van der Waals surface area contributed by atoms with Gasteiger partial charge in [0.25, 0.3) is 0 Å². The molecule has 1 aromatic carbocycles. The highest BCUT2D eigenvalue weighted by Crippen LogP contribution is 2.37. The van der Waals surface area contributed by atoms with Gasteiger partial charge in [0.2, 0.25) is 10.0 Å². The van der Waals surface area contributed by atoms with Gasteiger partial charge in [-0.15, -0.1) is 0 Å². The summed E-state index contributed by atoms with van der Waals surface area (Å²) in [6.07, 6.45) is 11.9. The molecule has 11 heteroatoms. The third-order valence-electron chi connectivity index (χ3n) is 8.14. The number of fused-ring (bicyclic) bond motifs is 1. The molecule has 1 atom stereocenters. The van der Waals surface area contributed by atoms with Gasteiger partial charge >= 0.3 is 0 Å². The largest absolute Gasteiger partial charge is 0.369 e. The molecule has 1 aliphatic heterocycles. The van der Waals surface area contributed by atoms with Crippen molar-refractivity contribution in [2.45, 2.75) is 55.6 Å². The Hall–Kier alpha value is -3.28. The molecule has 2 fully saturated rings. The fourth-order valence-electron chi connectivity index (χ4n) is 5.61. The summed E-state index contributed by atoms with van der Waals surface area (Å²) in [5, 5.41) is 4.64. The topological polar surface area (TPSA) is 112 Å². The highest BCUT2D eigenvalue weighted by molar-refractivity contribution is 7.89. The van der Waals surface area contributed by atoms with Gasteiger partial charge in [-0.1, -0.05) is 0 Å². The first kappa shape index (κ1) is 25.0. The van der Waals surface area contributed by atoms with Crippen LogP contribution in [0.2, 0.25) is 0 Å². The van der Waals surface area contributed by atoms with Gasteiger partial charge in [0.15, 0.2) is 5.65 Å². The summed E-state index contributed by atoms with van der Waals surface area (Å²) < 4.78 is 30.1. The van der Waals surface area contributed by atoms with Gasteiger partial charge in [-0.25, -0.2) is 23.1 Å². The second-order valence-corrected chi connectivity index (χ2v) is 12.6. The predicted molar refractivity (Wildman–Crippen MR) is 149 cm³/mol. The molecule has 2 aliphatic rings. The third kappa shape index (κ3) is 4.38. The minimum absolute atomic E-state index is 0.223. The maximum atomic E-state index is 12.8. The summed E-state index contributed by atoms with van der Waals surface area (Å²) in [6.45, 7) is 3.07. The van der Waals surface area contributed by atoms with Gasteiger partial charge in [-0.05, 0) is 71.9 Å². The van der Waals surface area contributed by atoms with E-state index in [1.165, 1.54) is 7.05 Å². The average Bonchev–Trinajstić information content (AvgIpc) is 3.62. The molecule has 6 rings (SSSR count). The van der Waals surface area contributed by atoms with Crippen molar-refractivity contribution in [1.82, 2.24) is 34.4 Å². The second-order valence-electron chi connectivity index (χ2n) is 10.7. The van der Waals surface area contributed by atoms with Crippen LogP contribution < -0.4 is 9.62 Å². The van der Waals surface area contributed by atoms with Gasteiger partial charge in [0.05, 0.1) is 29.0 Å². The summed E-state index contributed by atoms with van der Waals surface area (Å²) in [7, 11) is 2.04. The lowest BCUT2D eigenvalue weighted by Crippen LogP contribution is -2.41. The van der Waals surface area contributed by atoms with E-state index in [2.05, 4.69) is 61.5 Å². The molecule has 0 amide bonds. The van der Waals surface area contributed by atoms with Crippen LogP contribution in [0.5, 0.6) is 0 Å². The van der Waals surface area contributed by atoms with Crippen LogP contribution in [0.1, 0.15) is 38.6 Å². The first-order valence-electron chi connectivity index (χ1n) is 13.1. The molecular formula is C27H34N8O2S. The standard InChI is InChI=1S/C27H34N8O2S/c1-17-6-5-7-34(17)21-8-18(9-23(12-21)38(36,37)28-2)25-15-30-27-26(32-25)24(14-29-27)19-13-31-35(16-19)22-10-20(11-22)33(3)4/h8-9,12-17,20,22,28H,5-7,10-11H2,1-4H3,(H,29,30)/t17-,20?,22?/m1/s1. The van der Waals surface area contributed by atoms with E-state index >= 15 is 0 Å². The van der Waals surface area contributed by atoms with Crippen molar-refractivity contribution in [3.8, 4) is 22.4 Å². The Kier molecular flexibility index (Phi) is 6.24. The Balaban J connectivity index is 1.38. The molecule has 1 saturated carbocycles. The summed E-state index contributed by atoms with van der Waals surface area (Å²) in [6, 6.07) is 6.81. The number of hydrogen-bond acceptors (Lipinski definition) is 7. The van der Waals surface area contributed by atoms with Gasteiger partial charge in [0.1, 0.15) is 5.52 Å². The number of hydrogen-bond donors (Lipinski definition) is 2. The monoisotopic (exact) mass is 534 g/mol. The van der Waals surface area contributed by atoms with Crippen LogP contribution in [-0.4, -0.2) is 77.8 Å². The highest BCUT2D eigenvalue weighted by Gasteiger charge is 2.32. The zero-order chi connectivity index (χ0) is 26.6.